The molecule has 0 atom stereocenters. The van der Waals surface area contributed by atoms with Crippen molar-refractivity contribution in [1.82, 2.24) is 19.2 Å². The lowest BCUT2D eigenvalue weighted by Gasteiger charge is -2.30. The minimum Gasteiger partial charge on any atom is -0.466 e. The SMILES string of the molecule is CCOC(=O)C1CCN(C(=O)c2nn(-c3ccc(C)c(Cl)c3)c(=O)n(Cc3ccc(C)cc3)c2=O)CC1. The Labute approximate surface area is 219 Å². The van der Waals surface area contributed by atoms with Crippen LogP contribution in [0, 0.1) is 19.8 Å². The number of carbonyl (C=O) groups excluding carboxylic acids is 2. The molecule has 0 bridgehead atoms. The number of esters is 1. The molecule has 9 nitrogen and oxygen atoms in total. The molecule has 1 aromatic heterocycles. The van der Waals surface area contributed by atoms with E-state index in [0.717, 1.165) is 25.9 Å². The first kappa shape index (κ1) is 26.3. The van der Waals surface area contributed by atoms with E-state index in [0.29, 0.717) is 30.2 Å². The minimum absolute atomic E-state index is 0.0225. The van der Waals surface area contributed by atoms with Gasteiger partial charge in [0.15, 0.2) is 0 Å². The van der Waals surface area contributed by atoms with Crippen LogP contribution in [0.5, 0.6) is 0 Å². The lowest BCUT2D eigenvalue weighted by molar-refractivity contribution is -0.149. The third-order valence-electron chi connectivity index (χ3n) is 6.53. The Hall–Kier alpha value is -3.72. The molecule has 0 N–H and O–H groups in total. The van der Waals surface area contributed by atoms with Gasteiger partial charge in [0.1, 0.15) is 0 Å². The number of nitrogens with zero attached hydrogens (tertiary/aromatic N) is 4. The van der Waals surface area contributed by atoms with E-state index in [2.05, 4.69) is 5.10 Å². The third-order valence-corrected chi connectivity index (χ3v) is 6.93. The van der Waals surface area contributed by atoms with E-state index in [-0.39, 0.29) is 37.2 Å². The standard InChI is InChI=1S/C27H29ClN4O5/c1-4-37-26(35)20-11-13-30(14-12-20)24(33)23-25(34)31(16-19-8-5-17(2)6-9-19)27(36)32(29-23)21-10-7-18(3)22(28)15-21/h5-10,15,20H,4,11-14,16H2,1-3H3. The summed E-state index contributed by atoms with van der Waals surface area (Å²) in [5, 5.41) is 4.64. The van der Waals surface area contributed by atoms with Crippen molar-refractivity contribution in [2.75, 3.05) is 19.7 Å². The second-order valence-corrected chi connectivity index (χ2v) is 9.58. The average molecular weight is 525 g/mol. The summed E-state index contributed by atoms with van der Waals surface area (Å²) in [5.41, 5.74) is 1.12. The van der Waals surface area contributed by atoms with Gasteiger partial charge < -0.3 is 9.64 Å². The minimum atomic E-state index is -0.766. The molecule has 10 heteroatoms. The molecule has 0 spiro atoms. The molecule has 2 heterocycles. The molecule has 0 aliphatic carbocycles. The number of aromatic nitrogens is 3. The summed E-state index contributed by atoms with van der Waals surface area (Å²) in [6.45, 7) is 6.35. The van der Waals surface area contributed by atoms with E-state index < -0.39 is 17.2 Å². The second kappa shape index (κ2) is 11.1. The highest BCUT2D eigenvalue weighted by atomic mass is 35.5. The highest BCUT2D eigenvalue weighted by Crippen LogP contribution is 2.20. The summed E-state index contributed by atoms with van der Waals surface area (Å²) in [7, 11) is 0. The van der Waals surface area contributed by atoms with E-state index >= 15 is 0 Å². The van der Waals surface area contributed by atoms with Gasteiger partial charge in [-0.1, -0.05) is 47.5 Å². The van der Waals surface area contributed by atoms with Crippen molar-refractivity contribution in [2.45, 2.75) is 40.2 Å². The fourth-order valence-electron chi connectivity index (χ4n) is 4.27. The molecular formula is C27H29ClN4O5. The number of hydrogen-bond acceptors (Lipinski definition) is 6. The van der Waals surface area contributed by atoms with Gasteiger partial charge in [-0.15, -0.1) is 0 Å². The van der Waals surface area contributed by atoms with Crippen LogP contribution in [0.2, 0.25) is 5.02 Å². The molecule has 0 unspecified atom stereocenters. The lowest BCUT2D eigenvalue weighted by atomic mass is 9.97. The van der Waals surface area contributed by atoms with Gasteiger partial charge in [0.25, 0.3) is 11.5 Å². The molecule has 194 valence electrons. The van der Waals surface area contributed by atoms with Crippen molar-refractivity contribution >= 4 is 23.5 Å². The maximum absolute atomic E-state index is 13.5. The highest BCUT2D eigenvalue weighted by molar-refractivity contribution is 6.31. The summed E-state index contributed by atoms with van der Waals surface area (Å²) < 4.78 is 7.16. The van der Waals surface area contributed by atoms with E-state index in [1.807, 2.05) is 38.1 Å². The molecule has 1 amide bonds. The van der Waals surface area contributed by atoms with Gasteiger partial charge in [-0.25, -0.2) is 4.79 Å². The Morgan fingerprint density at radius 3 is 2.35 bits per heavy atom. The van der Waals surface area contributed by atoms with E-state index in [4.69, 9.17) is 16.3 Å². The Morgan fingerprint density at radius 1 is 1.05 bits per heavy atom. The fourth-order valence-corrected chi connectivity index (χ4v) is 4.45. The van der Waals surface area contributed by atoms with Crippen LogP contribution >= 0.6 is 11.6 Å². The van der Waals surface area contributed by atoms with Gasteiger partial charge in [0, 0.05) is 18.1 Å². The third kappa shape index (κ3) is 5.67. The van der Waals surface area contributed by atoms with Crippen molar-refractivity contribution in [2.24, 2.45) is 5.92 Å². The summed E-state index contributed by atoms with van der Waals surface area (Å²) in [6.07, 6.45) is 0.852. The van der Waals surface area contributed by atoms with E-state index in [1.54, 1.807) is 25.1 Å². The van der Waals surface area contributed by atoms with Gasteiger partial charge in [0.2, 0.25) is 5.69 Å². The molecule has 2 aromatic carbocycles. The summed E-state index contributed by atoms with van der Waals surface area (Å²) in [6, 6.07) is 12.4. The van der Waals surface area contributed by atoms with Crippen LogP contribution in [0.3, 0.4) is 0 Å². The van der Waals surface area contributed by atoms with Crippen LogP contribution in [0.4, 0.5) is 0 Å². The molecule has 1 fully saturated rings. The maximum Gasteiger partial charge on any atom is 0.352 e. The number of piperidine rings is 1. The zero-order valence-corrected chi connectivity index (χ0v) is 21.8. The zero-order chi connectivity index (χ0) is 26.7. The van der Waals surface area contributed by atoms with E-state index in [1.165, 1.54) is 4.90 Å². The number of amides is 1. The molecule has 3 aromatic rings. The van der Waals surface area contributed by atoms with Crippen LogP contribution < -0.4 is 11.2 Å². The number of carbonyl (C=O) groups is 2. The number of halogens is 1. The van der Waals surface area contributed by atoms with Crippen molar-refractivity contribution in [3.8, 4) is 5.69 Å². The van der Waals surface area contributed by atoms with Crippen molar-refractivity contribution in [3.05, 3.63) is 90.7 Å². The van der Waals surface area contributed by atoms with Gasteiger partial charge in [-0.05, 0) is 56.9 Å². The molecule has 1 saturated heterocycles. The summed E-state index contributed by atoms with van der Waals surface area (Å²) in [5.74, 6) is -1.16. The first-order valence-corrected chi connectivity index (χ1v) is 12.6. The van der Waals surface area contributed by atoms with Gasteiger partial charge >= 0.3 is 11.7 Å². The molecule has 1 aliphatic heterocycles. The van der Waals surface area contributed by atoms with Crippen LogP contribution in [-0.2, 0) is 16.1 Å². The van der Waals surface area contributed by atoms with Gasteiger partial charge in [-0.2, -0.15) is 9.78 Å². The maximum atomic E-state index is 13.5. The Morgan fingerprint density at radius 2 is 1.73 bits per heavy atom. The Kier molecular flexibility index (Phi) is 7.92. The predicted octanol–water partition coefficient (Wildman–Crippen LogP) is 3.13. The fraction of sp³-hybridized carbons (Fsp3) is 0.370. The highest BCUT2D eigenvalue weighted by Gasteiger charge is 2.31. The smallest absolute Gasteiger partial charge is 0.352 e. The number of benzene rings is 2. The monoisotopic (exact) mass is 524 g/mol. The normalized spacial score (nSPS) is 14.0. The summed E-state index contributed by atoms with van der Waals surface area (Å²) in [4.78, 5) is 53.9. The van der Waals surface area contributed by atoms with Crippen molar-refractivity contribution < 1.29 is 14.3 Å². The summed E-state index contributed by atoms with van der Waals surface area (Å²) >= 11 is 6.29. The van der Waals surface area contributed by atoms with Crippen LogP contribution in [0.15, 0.2) is 52.1 Å². The molecule has 4 rings (SSSR count). The van der Waals surface area contributed by atoms with Crippen molar-refractivity contribution in [3.63, 3.8) is 0 Å². The molecule has 0 radical (unpaired) electrons. The quantitative estimate of drug-likeness (QED) is 0.459. The van der Waals surface area contributed by atoms with Crippen LogP contribution in [0.25, 0.3) is 5.69 Å². The number of rotatable bonds is 6. The number of aryl methyl sites for hydroxylation is 2. The number of hydrogen-bond donors (Lipinski definition) is 0. The molecule has 1 aliphatic rings. The predicted molar refractivity (Wildman–Crippen MR) is 139 cm³/mol. The van der Waals surface area contributed by atoms with Crippen molar-refractivity contribution in [1.29, 1.82) is 0 Å². The molecular weight excluding hydrogens is 496 g/mol. The molecule has 37 heavy (non-hydrogen) atoms. The second-order valence-electron chi connectivity index (χ2n) is 9.17. The first-order chi connectivity index (χ1) is 17.7. The Bertz CT molecular complexity index is 1440. The van der Waals surface area contributed by atoms with Crippen LogP contribution in [0.1, 0.15) is 46.9 Å². The zero-order valence-electron chi connectivity index (χ0n) is 21.1. The number of ether oxygens (including phenoxy) is 1. The van der Waals surface area contributed by atoms with E-state index in [9.17, 15) is 19.2 Å². The van der Waals surface area contributed by atoms with Gasteiger partial charge in [0.05, 0.1) is 24.8 Å². The lowest BCUT2D eigenvalue weighted by Crippen LogP contribution is -2.48. The van der Waals surface area contributed by atoms with Gasteiger partial charge in [-0.3, -0.25) is 19.0 Å². The Balaban J connectivity index is 1.74. The topological polar surface area (TPSA) is 104 Å². The van der Waals surface area contributed by atoms with Crippen LogP contribution in [-0.4, -0.2) is 50.8 Å². The average Bonchev–Trinajstić information content (AvgIpc) is 2.89. The molecule has 0 saturated carbocycles. The number of likely N-dealkylation sites (tertiary alicyclic amines) is 1. The largest absolute Gasteiger partial charge is 0.466 e. The first-order valence-electron chi connectivity index (χ1n) is 12.2.